The minimum atomic E-state index is -0.591. The maximum Gasteiger partial charge on any atom is 0.152 e. The molecule has 1 heterocycles. The molecule has 1 aromatic carbocycles. The van der Waals surface area contributed by atoms with Gasteiger partial charge >= 0.3 is 0 Å². The van der Waals surface area contributed by atoms with Crippen LogP contribution in [0.5, 0.6) is 5.75 Å². The number of nitrogens with zero attached hydrogens (tertiary/aromatic N) is 2. The van der Waals surface area contributed by atoms with E-state index in [1.54, 1.807) is 12.1 Å². The summed E-state index contributed by atoms with van der Waals surface area (Å²) in [7, 11) is 0. The van der Waals surface area contributed by atoms with Crippen molar-refractivity contribution in [2.24, 2.45) is 0 Å². The first-order valence-corrected chi connectivity index (χ1v) is 9.44. The molecule has 1 saturated carbocycles. The molecule has 3 N–H and O–H groups in total. The van der Waals surface area contributed by atoms with Crippen LogP contribution in [0.2, 0.25) is 0 Å². The zero-order valence-corrected chi connectivity index (χ0v) is 15.4. The fraction of sp³-hybridized carbons (Fsp3) is 0.429. The first-order valence-electron chi connectivity index (χ1n) is 9.44. The maximum absolute atomic E-state index is 12.4. The highest BCUT2D eigenvalue weighted by Gasteiger charge is 2.39. The molecule has 0 radical (unpaired) electrons. The Morgan fingerprint density at radius 2 is 1.93 bits per heavy atom. The fourth-order valence-corrected chi connectivity index (χ4v) is 4.20. The van der Waals surface area contributed by atoms with Gasteiger partial charge in [-0.25, -0.2) is 4.39 Å². The summed E-state index contributed by atoms with van der Waals surface area (Å²) in [6.07, 6.45) is 7.15. The van der Waals surface area contributed by atoms with Gasteiger partial charge in [0.15, 0.2) is 5.82 Å². The molecule has 1 aromatic heterocycles. The third kappa shape index (κ3) is 3.54. The maximum atomic E-state index is 12.4. The number of aromatic hydroxyl groups is 1. The number of aromatic nitrogens is 2. The standard InChI is InChI=1S/C21H24FN3O2/c1-21(27)11-14(12-21)23-20-16-5-3-2-4-15(16)19(24-25-20)17-7-6-13(8-9-22)10-18(17)26/h6-10,14,26-27H,2-5,11-12H2,1H3,(H,23,25)/b9-8+. The number of aliphatic hydroxyl groups is 1. The van der Waals surface area contributed by atoms with Gasteiger partial charge in [0.1, 0.15) is 11.4 Å². The molecule has 4 rings (SSSR count). The van der Waals surface area contributed by atoms with Crippen molar-refractivity contribution in [3.8, 4) is 17.0 Å². The summed E-state index contributed by atoms with van der Waals surface area (Å²) >= 11 is 0. The Balaban J connectivity index is 1.68. The second kappa shape index (κ2) is 6.93. The van der Waals surface area contributed by atoms with Crippen LogP contribution in [0.1, 0.15) is 49.3 Å². The van der Waals surface area contributed by atoms with E-state index in [0.717, 1.165) is 42.6 Å². The Bertz CT molecular complexity index is 887. The summed E-state index contributed by atoms with van der Waals surface area (Å²) in [4.78, 5) is 0. The van der Waals surface area contributed by atoms with Gasteiger partial charge in [0, 0.05) is 17.2 Å². The van der Waals surface area contributed by atoms with Crippen molar-refractivity contribution in [2.75, 3.05) is 5.32 Å². The molecular formula is C21H24FN3O2. The lowest BCUT2D eigenvalue weighted by molar-refractivity contribution is -0.0235. The molecule has 6 heteroatoms. The van der Waals surface area contributed by atoms with Crippen LogP contribution in [0.25, 0.3) is 17.3 Å². The van der Waals surface area contributed by atoms with Crippen LogP contribution in [0, 0.1) is 0 Å². The van der Waals surface area contributed by atoms with Gasteiger partial charge in [-0.1, -0.05) is 6.07 Å². The summed E-state index contributed by atoms with van der Waals surface area (Å²) in [6, 6.07) is 5.27. The molecule has 27 heavy (non-hydrogen) atoms. The van der Waals surface area contributed by atoms with E-state index >= 15 is 0 Å². The van der Waals surface area contributed by atoms with Crippen molar-refractivity contribution in [2.45, 2.75) is 57.1 Å². The first-order chi connectivity index (χ1) is 13.0. The Morgan fingerprint density at radius 1 is 1.19 bits per heavy atom. The summed E-state index contributed by atoms with van der Waals surface area (Å²) in [5.74, 6) is 0.869. The van der Waals surface area contributed by atoms with Crippen LogP contribution >= 0.6 is 0 Å². The van der Waals surface area contributed by atoms with Crippen molar-refractivity contribution < 1.29 is 14.6 Å². The van der Waals surface area contributed by atoms with E-state index in [-0.39, 0.29) is 11.8 Å². The average Bonchev–Trinajstić information content (AvgIpc) is 2.61. The molecule has 0 bridgehead atoms. The Labute approximate surface area is 158 Å². The largest absolute Gasteiger partial charge is 0.507 e. The number of nitrogens with one attached hydrogen (secondary N) is 1. The smallest absolute Gasteiger partial charge is 0.152 e. The van der Waals surface area contributed by atoms with Gasteiger partial charge in [0.25, 0.3) is 0 Å². The third-order valence-electron chi connectivity index (χ3n) is 5.54. The Hall–Kier alpha value is -2.47. The molecule has 1 fully saturated rings. The van der Waals surface area contributed by atoms with Gasteiger partial charge in [-0.15, -0.1) is 10.2 Å². The monoisotopic (exact) mass is 369 g/mol. The lowest BCUT2D eigenvalue weighted by Crippen LogP contribution is -2.48. The number of phenols is 1. The molecular weight excluding hydrogens is 345 g/mol. The highest BCUT2D eigenvalue weighted by atomic mass is 19.1. The van der Waals surface area contributed by atoms with E-state index in [2.05, 4.69) is 15.5 Å². The number of fused-ring (bicyclic) bond motifs is 1. The Kier molecular flexibility index (Phi) is 4.60. The average molecular weight is 369 g/mol. The summed E-state index contributed by atoms with van der Waals surface area (Å²) < 4.78 is 12.4. The lowest BCUT2D eigenvalue weighted by Gasteiger charge is -2.41. The van der Waals surface area contributed by atoms with Crippen LogP contribution in [0.15, 0.2) is 24.5 Å². The van der Waals surface area contributed by atoms with Gasteiger partial charge in [0.2, 0.25) is 0 Å². The summed E-state index contributed by atoms with van der Waals surface area (Å²) in [5, 5.41) is 32.6. The van der Waals surface area contributed by atoms with Crippen molar-refractivity contribution in [1.29, 1.82) is 0 Å². The predicted molar refractivity (Wildman–Crippen MR) is 103 cm³/mol. The molecule has 0 amide bonds. The number of anilines is 1. The second-order valence-corrected chi connectivity index (χ2v) is 7.88. The highest BCUT2D eigenvalue weighted by molar-refractivity contribution is 5.74. The van der Waals surface area contributed by atoms with Crippen LogP contribution in [-0.4, -0.2) is 32.1 Å². The van der Waals surface area contributed by atoms with Crippen molar-refractivity contribution in [1.82, 2.24) is 10.2 Å². The van der Waals surface area contributed by atoms with Gasteiger partial charge in [-0.2, -0.15) is 0 Å². The number of halogens is 1. The van der Waals surface area contributed by atoms with E-state index in [4.69, 9.17) is 0 Å². The first kappa shape index (κ1) is 17.9. The fourth-order valence-electron chi connectivity index (χ4n) is 4.20. The topological polar surface area (TPSA) is 78.3 Å². The van der Waals surface area contributed by atoms with Crippen molar-refractivity contribution in [3.63, 3.8) is 0 Å². The molecule has 142 valence electrons. The van der Waals surface area contributed by atoms with Gasteiger partial charge in [-0.3, -0.25) is 0 Å². The Morgan fingerprint density at radius 3 is 2.59 bits per heavy atom. The van der Waals surface area contributed by atoms with E-state index < -0.39 is 5.60 Å². The molecule has 0 unspecified atom stereocenters. The molecule has 0 spiro atoms. The van der Waals surface area contributed by atoms with Gasteiger partial charge in [-0.05, 0) is 74.8 Å². The van der Waals surface area contributed by atoms with E-state index in [0.29, 0.717) is 36.0 Å². The predicted octanol–water partition coefficient (Wildman–Crippen LogP) is 3.99. The minimum absolute atomic E-state index is 0.0726. The van der Waals surface area contributed by atoms with Crippen molar-refractivity contribution in [3.05, 3.63) is 41.2 Å². The molecule has 0 atom stereocenters. The van der Waals surface area contributed by atoms with Gasteiger partial charge < -0.3 is 15.5 Å². The SMILES string of the molecule is CC1(O)CC(Nc2nnc(-c3ccc(/C=C/F)cc3O)c3c2CCCC3)C1. The molecule has 2 aliphatic rings. The quantitative estimate of drug-likeness (QED) is 0.759. The zero-order valence-electron chi connectivity index (χ0n) is 15.4. The second-order valence-electron chi connectivity index (χ2n) is 7.88. The zero-order chi connectivity index (χ0) is 19.0. The third-order valence-corrected chi connectivity index (χ3v) is 5.54. The van der Waals surface area contributed by atoms with E-state index in [1.165, 1.54) is 12.1 Å². The van der Waals surface area contributed by atoms with Crippen molar-refractivity contribution >= 4 is 11.9 Å². The van der Waals surface area contributed by atoms with Crippen LogP contribution < -0.4 is 5.32 Å². The molecule has 0 saturated heterocycles. The van der Waals surface area contributed by atoms with E-state index in [1.807, 2.05) is 6.92 Å². The van der Waals surface area contributed by atoms with Crippen LogP contribution in [0.4, 0.5) is 10.2 Å². The summed E-state index contributed by atoms with van der Waals surface area (Å²) in [6.45, 7) is 1.85. The summed E-state index contributed by atoms with van der Waals surface area (Å²) in [5.41, 5.74) is 3.60. The lowest BCUT2D eigenvalue weighted by atomic mass is 9.77. The number of hydrogen-bond donors (Lipinski definition) is 3. The molecule has 2 aromatic rings. The number of rotatable bonds is 4. The minimum Gasteiger partial charge on any atom is -0.507 e. The molecule has 5 nitrogen and oxygen atoms in total. The molecule has 0 aliphatic heterocycles. The number of phenolic OH excluding ortho intramolecular Hbond substituents is 1. The van der Waals surface area contributed by atoms with E-state index in [9.17, 15) is 14.6 Å². The molecule has 2 aliphatic carbocycles. The van der Waals surface area contributed by atoms with Crippen LogP contribution in [0.3, 0.4) is 0 Å². The number of hydrogen-bond acceptors (Lipinski definition) is 5. The number of benzene rings is 1. The highest BCUT2D eigenvalue weighted by Crippen LogP contribution is 2.39. The normalized spacial score (nSPS) is 24.5. The van der Waals surface area contributed by atoms with Gasteiger partial charge in [0.05, 0.1) is 11.9 Å². The van der Waals surface area contributed by atoms with Crippen LogP contribution in [-0.2, 0) is 12.8 Å².